The number of carbonyl (C=O) groups is 2. The zero-order valence-electron chi connectivity index (χ0n) is 11.8. The van der Waals surface area contributed by atoms with E-state index < -0.39 is 11.6 Å². The molecule has 0 spiro atoms. The lowest BCUT2D eigenvalue weighted by molar-refractivity contribution is -0.165. The molecule has 5 nitrogen and oxygen atoms in total. The van der Waals surface area contributed by atoms with Crippen molar-refractivity contribution in [3.63, 3.8) is 0 Å². The van der Waals surface area contributed by atoms with Gasteiger partial charge in [-0.2, -0.15) is 0 Å². The van der Waals surface area contributed by atoms with Crippen LogP contribution < -0.4 is 0 Å². The fourth-order valence-electron chi connectivity index (χ4n) is 3.34. The molecule has 1 aromatic carbocycles. The molecule has 21 heavy (non-hydrogen) atoms. The van der Waals surface area contributed by atoms with Gasteiger partial charge in [0.2, 0.25) is 5.91 Å². The lowest BCUT2D eigenvalue weighted by Gasteiger charge is -2.36. The Kier molecular flexibility index (Phi) is 3.45. The van der Waals surface area contributed by atoms with Crippen LogP contribution in [0, 0.1) is 0 Å². The fourth-order valence-corrected chi connectivity index (χ4v) is 3.34. The number of aliphatic carboxylic acids is 1. The van der Waals surface area contributed by atoms with Crippen LogP contribution in [0.3, 0.4) is 0 Å². The highest BCUT2D eigenvalue weighted by atomic mass is 16.4. The average molecular weight is 289 g/mol. The van der Waals surface area contributed by atoms with E-state index in [-0.39, 0.29) is 24.7 Å². The number of nitrogens with zero attached hydrogens (tertiary/aromatic N) is 1. The van der Waals surface area contributed by atoms with Gasteiger partial charge < -0.3 is 15.1 Å². The third kappa shape index (κ3) is 2.42. The van der Waals surface area contributed by atoms with Crippen molar-refractivity contribution in [3.8, 4) is 0 Å². The van der Waals surface area contributed by atoms with Crippen LogP contribution in [0.25, 0.3) is 0 Å². The first-order valence-corrected chi connectivity index (χ1v) is 7.34. The summed E-state index contributed by atoms with van der Waals surface area (Å²) < 4.78 is 0. The van der Waals surface area contributed by atoms with E-state index in [4.69, 9.17) is 5.11 Å². The molecule has 2 aliphatic rings. The maximum Gasteiger partial charge on any atom is 0.335 e. The second-order valence-electron chi connectivity index (χ2n) is 5.95. The van der Waals surface area contributed by atoms with Gasteiger partial charge in [0.1, 0.15) is 0 Å². The van der Waals surface area contributed by atoms with Gasteiger partial charge in [0, 0.05) is 25.9 Å². The largest absolute Gasteiger partial charge is 0.479 e. The van der Waals surface area contributed by atoms with Crippen LogP contribution in [0.15, 0.2) is 24.3 Å². The molecule has 0 bridgehead atoms. The summed E-state index contributed by atoms with van der Waals surface area (Å²) in [6.45, 7) is 0.612. The number of piperidine rings is 1. The highest BCUT2D eigenvalue weighted by molar-refractivity contribution is 5.85. The summed E-state index contributed by atoms with van der Waals surface area (Å²) in [6, 6.07) is 7.99. The first-order chi connectivity index (χ1) is 10.0. The van der Waals surface area contributed by atoms with E-state index >= 15 is 0 Å². The first kappa shape index (κ1) is 14.1. The SMILES string of the molecule is O=C(C1CCc2ccccc21)N1CCC(O)(C(=O)O)CC1. The number of carboxylic acid groups (broad SMARTS) is 1. The van der Waals surface area contributed by atoms with Crippen molar-refractivity contribution in [2.45, 2.75) is 37.2 Å². The van der Waals surface area contributed by atoms with Gasteiger partial charge in [0.15, 0.2) is 5.60 Å². The zero-order valence-corrected chi connectivity index (χ0v) is 11.8. The van der Waals surface area contributed by atoms with Crippen LogP contribution >= 0.6 is 0 Å². The van der Waals surface area contributed by atoms with Crippen LogP contribution in [0.2, 0.25) is 0 Å². The molecule has 2 N–H and O–H groups in total. The van der Waals surface area contributed by atoms with E-state index in [2.05, 4.69) is 6.07 Å². The molecular weight excluding hydrogens is 270 g/mol. The maximum atomic E-state index is 12.6. The Morgan fingerprint density at radius 2 is 1.86 bits per heavy atom. The molecule has 1 saturated heterocycles. The molecule has 1 aromatic rings. The molecule has 3 rings (SSSR count). The number of aliphatic hydroxyl groups is 1. The predicted octanol–water partition coefficient (Wildman–Crippen LogP) is 1.15. The van der Waals surface area contributed by atoms with Gasteiger partial charge in [-0.25, -0.2) is 4.79 Å². The topological polar surface area (TPSA) is 77.8 Å². The van der Waals surface area contributed by atoms with E-state index in [1.165, 1.54) is 5.56 Å². The van der Waals surface area contributed by atoms with Crippen LogP contribution in [0.4, 0.5) is 0 Å². The Hall–Kier alpha value is -1.88. The summed E-state index contributed by atoms with van der Waals surface area (Å²) in [5.41, 5.74) is 0.654. The van der Waals surface area contributed by atoms with E-state index in [1.54, 1.807) is 4.90 Å². The minimum atomic E-state index is -1.68. The van der Waals surface area contributed by atoms with Crippen LogP contribution in [0.1, 0.15) is 36.3 Å². The summed E-state index contributed by atoms with van der Waals surface area (Å²) in [6.07, 6.45) is 1.93. The van der Waals surface area contributed by atoms with Crippen molar-refractivity contribution >= 4 is 11.9 Å². The number of likely N-dealkylation sites (tertiary alicyclic amines) is 1. The first-order valence-electron chi connectivity index (χ1n) is 7.34. The molecule has 1 fully saturated rings. The lowest BCUT2D eigenvalue weighted by Crippen LogP contribution is -2.51. The average Bonchev–Trinajstić information content (AvgIpc) is 2.91. The highest BCUT2D eigenvalue weighted by Crippen LogP contribution is 2.35. The third-order valence-corrected chi connectivity index (χ3v) is 4.73. The molecule has 0 radical (unpaired) electrons. The molecule has 1 amide bonds. The van der Waals surface area contributed by atoms with Gasteiger partial charge in [0.05, 0.1) is 5.92 Å². The Bertz CT molecular complexity index is 575. The smallest absolute Gasteiger partial charge is 0.335 e. The summed E-state index contributed by atoms with van der Waals surface area (Å²) in [4.78, 5) is 25.4. The van der Waals surface area contributed by atoms with Gasteiger partial charge in [-0.1, -0.05) is 24.3 Å². The predicted molar refractivity (Wildman–Crippen MR) is 75.9 cm³/mol. The third-order valence-electron chi connectivity index (χ3n) is 4.73. The zero-order chi connectivity index (χ0) is 15.0. The number of hydrogen-bond donors (Lipinski definition) is 2. The molecule has 0 saturated carbocycles. The number of carbonyl (C=O) groups excluding carboxylic acids is 1. The summed E-state index contributed by atoms with van der Waals surface area (Å²) in [5, 5.41) is 18.9. The molecule has 0 aromatic heterocycles. The van der Waals surface area contributed by atoms with Crippen molar-refractivity contribution in [2.24, 2.45) is 0 Å². The molecule has 112 valence electrons. The summed E-state index contributed by atoms with van der Waals surface area (Å²) in [5.74, 6) is -1.24. The van der Waals surface area contributed by atoms with E-state index in [1.807, 2.05) is 18.2 Å². The summed E-state index contributed by atoms with van der Waals surface area (Å²) in [7, 11) is 0. The standard InChI is InChI=1S/C16H19NO4/c18-14(13-6-5-11-3-1-2-4-12(11)13)17-9-7-16(21,8-10-17)15(19)20/h1-4,13,21H,5-10H2,(H,19,20). The molecular formula is C16H19NO4. The van der Waals surface area contributed by atoms with E-state index in [0.717, 1.165) is 18.4 Å². The molecule has 1 aliphatic heterocycles. The van der Waals surface area contributed by atoms with Crippen molar-refractivity contribution in [1.29, 1.82) is 0 Å². The Morgan fingerprint density at radius 3 is 2.52 bits per heavy atom. The van der Waals surface area contributed by atoms with E-state index in [9.17, 15) is 14.7 Å². The maximum absolute atomic E-state index is 12.6. The van der Waals surface area contributed by atoms with Gasteiger partial charge >= 0.3 is 5.97 Å². The lowest BCUT2D eigenvalue weighted by atomic mass is 9.90. The monoisotopic (exact) mass is 289 g/mol. The van der Waals surface area contributed by atoms with Crippen molar-refractivity contribution < 1.29 is 19.8 Å². The molecule has 5 heteroatoms. The Balaban J connectivity index is 1.70. The van der Waals surface area contributed by atoms with Gasteiger partial charge in [-0.15, -0.1) is 0 Å². The molecule has 1 heterocycles. The van der Waals surface area contributed by atoms with Crippen LogP contribution in [-0.4, -0.2) is 45.7 Å². The minimum Gasteiger partial charge on any atom is -0.479 e. The van der Waals surface area contributed by atoms with Gasteiger partial charge in [0.25, 0.3) is 0 Å². The highest BCUT2D eigenvalue weighted by Gasteiger charge is 2.42. The second kappa shape index (κ2) is 5.15. The van der Waals surface area contributed by atoms with Crippen molar-refractivity contribution in [3.05, 3.63) is 35.4 Å². The number of rotatable bonds is 2. The Labute approximate surface area is 123 Å². The van der Waals surface area contributed by atoms with E-state index in [0.29, 0.717) is 13.1 Å². The number of carboxylic acids is 1. The number of benzene rings is 1. The van der Waals surface area contributed by atoms with Crippen molar-refractivity contribution in [1.82, 2.24) is 4.90 Å². The normalized spacial score (nSPS) is 23.7. The van der Waals surface area contributed by atoms with Crippen molar-refractivity contribution in [2.75, 3.05) is 13.1 Å². The minimum absolute atomic E-state index is 0.0624. The number of fused-ring (bicyclic) bond motifs is 1. The summed E-state index contributed by atoms with van der Waals surface area (Å²) >= 11 is 0. The molecule has 1 atom stereocenters. The Morgan fingerprint density at radius 1 is 1.19 bits per heavy atom. The van der Waals surface area contributed by atoms with Crippen LogP contribution in [-0.2, 0) is 16.0 Å². The molecule has 1 unspecified atom stereocenters. The quantitative estimate of drug-likeness (QED) is 0.856. The number of amides is 1. The fraction of sp³-hybridized carbons (Fsp3) is 0.500. The number of aryl methyl sites for hydroxylation is 1. The second-order valence-corrected chi connectivity index (χ2v) is 5.95. The molecule has 1 aliphatic carbocycles. The van der Waals surface area contributed by atoms with Crippen LogP contribution in [0.5, 0.6) is 0 Å². The van der Waals surface area contributed by atoms with Gasteiger partial charge in [-0.3, -0.25) is 4.79 Å². The number of hydrogen-bond acceptors (Lipinski definition) is 3. The van der Waals surface area contributed by atoms with Gasteiger partial charge in [-0.05, 0) is 24.0 Å².